The third-order valence-corrected chi connectivity index (χ3v) is 6.81. The SMILES string of the molecule is CS(=O)(=O)C1(C(=O)Nc2ccc(-n3cccn3)c(Cl)c2)CCNCC1.Cl. The molecule has 0 radical (unpaired) electrons. The van der Waals surface area contributed by atoms with Crippen LogP contribution in [-0.4, -0.2) is 48.2 Å². The fourth-order valence-electron chi connectivity index (χ4n) is 3.02. The summed E-state index contributed by atoms with van der Waals surface area (Å²) in [7, 11) is -3.56. The number of hydrogen-bond acceptors (Lipinski definition) is 5. The van der Waals surface area contributed by atoms with Crippen molar-refractivity contribution in [2.45, 2.75) is 17.6 Å². The minimum Gasteiger partial charge on any atom is -0.325 e. The van der Waals surface area contributed by atoms with Gasteiger partial charge in [0.25, 0.3) is 0 Å². The Balaban J connectivity index is 0.00000243. The van der Waals surface area contributed by atoms with Gasteiger partial charge in [-0.15, -0.1) is 12.4 Å². The number of hydrogen-bond donors (Lipinski definition) is 2. The predicted octanol–water partition coefficient (Wildman–Crippen LogP) is 2.05. The van der Waals surface area contributed by atoms with Crippen molar-refractivity contribution in [3.05, 3.63) is 41.7 Å². The van der Waals surface area contributed by atoms with E-state index in [9.17, 15) is 13.2 Å². The van der Waals surface area contributed by atoms with Crippen LogP contribution < -0.4 is 10.6 Å². The number of amides is 1. The number of carbonyl (C=O) groups is 1. The van der Waals surface area contributed by atoms with Crippen molar-refractivity contribution in [1.29, 1.82) is 0 Å². The lowest BCUT2D eigenvalue weighted by Gasteiger charge is -2.34. The molecule has 0 aliphatic carbocycles. The first-order chi connectivity index (χ1) is 11.8. The molecule has 1 aromatic heterocycles. The molecule has 1 aromatic carbocycles. The lowest BCUT2D eigenvalue weighted by Crippen LogP contribution is -2.55. The number of aromatic nitrogens is 2. The summed E-state index contributed by atoms with van der Waals surface area (Å²) in [4.78, 5) is 12.8. The van der Waals surface area contributed by atoms with Crippen LogP contribution in [0.15, 0.2) is 36.7 Å². The van der Waals surface area contributed by atoms with E-state index in [0.717, 1.165) is 6.26 Å². The normalized spacial score (nSPS) is 16.5. The Morgan fingerprint density at radius 2 is 2.04 bits per heavy atom. The molecule has 0 spiro atoms. The van der Waals surface area contributed by atoms with Gasteiger partial charge in [0.15, 0.2) is 14.6 Å². The Kier molecular flexibility index (Phi) is 6.33. The molecule has 26 heavy (non-hydrogen) atoms. The lowest BCUT2D eigenvalue weighted by molar-refractivity contribution is -0.119. The van der Waals surface area contributed by atoms with Gasteiger partial charge in [0.2, 0.25) is 5.91 Å². The average molecular weight is 419 g/mol. The topological polar surface area (TPSA) is 93.1 Å². The van der Waals surface area contributed by atoms with Gasteiger partial charge in [0, 0.05) is 24.3 Å². The van der Waals surface area contributed by atoms with Crippen LogP contribution >= 0.6 is 24.0 Å². The number of anilines is 1. The zero-order valence-corrected chi connectivity index (χ0v) is 16.5. The van der Waals surface area contributed by atoms with Crippen molar-refractivity contribution in [2.75, 3.05) is 24.7 Å². The monoisotopic (exact) mass is 418 g/mol. The second-order valence-electron chi connectivity index (χ2n) is 6.09. The summed E-state index contributed by atoms with van der Waals surface area (Å²) in [5.74, 6) is -0.514. The number of halogens is 2. The summed E-state index contributed by atoms with van der Waals surface area (Å²) in [6, 6.07) is 6.77. The Morgan fingerprint density at radius 1 is 1.35 bits per heavy atom. The molecule has 1 fully saturated rings. The van der Waals surface area contributed by atoms with Crippen molar-refractivity contribution in [1.82, 2.24) is 15.1 Å². The second kappa shape index (κ2) is 7.96. The number of benzene rings is 1. The zero-order chi connectivity index (χ0) is 18.1. The summed E-state index contributed by atoms with van der Waals surface area (Å²) in [5.41, 5.74) is 1.12. The van der Waals surface area contributed by atoms with Crippen LogP contribution in [-0.2, 0) is 14.6 Å². The van der Waals surface area contributed by atoms with Gasteiger partial charge < -0.3 is 10.6 Å². The van der Waals surface area contributed by atoms with E-state index in [1.807, 2.05) is 0 Å². The molecule has 0 bridgehead atoms. The molecule has 142 valence electrons. The first-order valence-electron chi connectivity index (χ1n) is 7.85. The number of carbonyl (C=O) groups excluding carboxylic acids is 1. The first kappa shape index (κ1) is 20.7. The molecule has 1 aliphatic heterocycles. The summed E-state index contributed by atoms with van der Waals surface area (Å²) in [6.07, 6.45) is 5.01. The van der Waals surface area contributed by atoms with E-state index in [1.165, 1.54) is 0 Å². The van der Waals surface area contributed by atoms with Crippen molar-refractivity contribution < 1.29 is 13.2 Å². The summed E-state index contributed by atoms with van der Waals surface area (Å²) < 4.78 is 24.8. The lowest BCUT2D eigenvalue weighted by atomic mass is 9.95. The second-order valence-corrected chi connectivity index (χ2v) is 8.82. The first-order valence-corrected chi connectivity index (χ1v) is 10.1. The molecule has 1 saturated heterocycles. The maximum absolute atomic E-state index is 12.8. The number of sulfone groups is 1. The molecular formula is C16H20Cl2N4O3S. The molecule has 7 nitrogen and oxygen atoms in total. The highest BCUT2D eigenvalue weighted by Crippen LogP contribution is 2.30. The van der Waals surface area contributed by atoms with Crippen molar-refractivity contribution >= 4 is 45.4 Å². The van der Waals surface area contributed by atoms with Gasteiger partial charge in [-0.25, -0.2) is 13.1 Å². The smallest absolute Gasteiger partial charge is 0.245 e. The molecule has 0 unspecified atom stereocenters. The highest BCUT2D eigenvalue weighted by molar-refractivity contribution is 7.92. The zero-order valence-electron chi connectivity index (χ0n) is 14.1. The molecule has 2 aromatic rings. The minimum atomic E-state index is -3.56. The predicted molar refractivity (Wildman–Crippen MR) is 104 cm³/mol. The van der Waals surface area contributed by atoms with Crippen LogP contribution in [0.2, 0.25) is 5.02 Å². The number of rotatable bonds is 4. The van der Waals surface area contributed by atoms with Gasteiger partial charge in [0.1, 0.15) is 0 Å². The van der Waals surface area contributed by atoms with Gasteiger partial charge in [-0.3, -0.25) is 4.79 Å². The molecule has 10 heteroatoms. The van der Waals surface area contributed by atoms with Crippen LogP contribution in [0.4, 0.5) is 5.69 Å². The highest BCUT2D eigenvalue weighted by Gasteiger charge is 2.48. The van der Waals surface area contributed by atoms with Gasteiger partial charge in [-0.05, 0) is 50.2 Å². The van der Waals surface area contributed by atoms with E-state index < -0.39 is 20.5 Å². The van der Waals surface area contributed by atoms with Crippen molar-refractivity contribution in [2.24, 2.45) is 0 Å². The van der Waals surface area contributed by atoms with E-state index in [0.29, 0.717) is 29.5 Å². The Bertz CT molecular complexity index is 879. The van der Waals surface area contributed by atoms with E-state index in [1.54, 1.807) is 41.3 Å². The fourth-order valence-corrected chi connectivity index (χ4v) is 4.62. The molecule has 1 amide bonds. The highest BCUT2D eigenvalue weighted by atomic mass is 35.5. The summed E-state index contributed by atoms with van der Waals surface area (Å²) in [6.45, 7) is 0.971. The van der Waals surface area contributed by atoms with E-state index >= 15 is 0 Å². The Morgan fingerprint density at radius 3 is 2.58 bits per heavy atom. The average Bonchev–Trinajstić information content (AvgIpc) is 3.08. The number of nitrogens with zero attached hydrogens (tertiary/aromatic N) is 2. The molecule has 0 saturated carbocycles. The van der Waals surface area contributed by atoms with E-state index in [2.05, 4.69) is 15.7 Å². The third-order valence-electron chi connectivity index (χ3n) is 4.49. The van der Waals surface area contributed by atoms with E-state index in [-0.39, 0.29) is 25.2 Å². The third kappa shape index (κ3) is 3.88. The fraction of sp³-hybridized carbons (Fsp3) is 0.375. The minimum absolute atomic E-state index is 0. The van der Waals surface area contributed by atoms with E-state index in [4.69, 9.17) is 11.6 Å². The van der Waals surface area contributed by atoms with Crippen LogP contribution in [0.1, 0.15) is 12.8 Å². The van der Waals surface area contributed by atoms with Crippen LogP contribution in [0.5, 0.6) is 0 Å². The maximum Gasteiger partial charge on any atom is 0.245 e. The molecule has 2 heterocycles. The van der Waals surface area contributed by atoms with Gasteiger partial charge >= 0.3 is 0 Å². The number of piperidine rings is 1. The van der Waals surface area contributed by atoms with Crippen molar-refractivity contribution in [3.8, 4) is 5.69 Å². The van der Waals surface area contributed by atoms with Crippen LogP contribution in [0, 0.1) is 0 Å². The molecule has 1 aliphatic rings. The summed E-state index contributed by atoms with van der Waals surface area (Å²) in [5, 5.41) is 10.3. The standard InChI is InChI=1S/C16H19ClN4O3S.ClH/c1-25(23,24)16(5-8-18-9-6-16)15(22)20-12-3-4-14(13(17)11-12)21-10-2-7-19-21;/h2-4,7,10-11,18H,5-6,8-9H2,1H3,(H,20,22);1H. The van der Waals surface area contributed by atoms with Crippen molar-refractivity contribution in [3.63, 3.8) is 0 Å². The molecular weight excluding hydrogens is 399 g/mol. The van der Waals surface area contributed by atoms with Crippen LogP contribution in [0.25, 0.3) is 5.69 Å². The van der Waals surface area contributed by atoms with Gasteiger partial charge in [0.05, 0.1) is 10.7 Å². The van der Waals surface area contributed by atoms with Gasteiger partial charge in [-0.1, -0.05) is 11.6 Å². The molecule has 0 atom stereocenters. The van der Waals surface area contributed by atoms with Crippen LogP contribution in [0.3, 0.4) is 0 Å². The quantitative estimate of drug-likeness (QED) is 0.792. The number of nitrogens with one attached hydrogen (secondary N) is 2. The molecule has 3 rings (SSSR count). The Hall–Kier alpha value is -1.61. The maximum atomic E-state index is 12.8. The molecule has 2 N–H and O–H groups in total. The Labute approximate surface area is 163 Å². The van der Waals surface area contributed by atoms with Gasteiger partial charge in [-0.2, -0.15) is 5.10 Å². The largest absolute Gasteiger partial charge is 0.325 e. The summed E-state index contributed by atoms with van der Waals surface area (Å²) >= 11 is 6.27.